The van der Waals surface area contributed by atoms with Gasteiger partial charge < -0.3 is 9.80 Å². The van der Waals surface area contributed by atoms with Gasteiger partial charge in [0.25, 0.3) is 0 Å². The molecule has 2 aliphatic heterocycles. The van der Waals surface area contributed by atoms with E-state index in [0.29, 0.717) is 5.41 Å². The van der Waals surface area contributed by atoms with Crippen molar-refractivity contribution in [3.63, 3.8) is 0 Å². The lowest BCUT2D eigenvalue weighted by Gasteiger charge is -2.40. The molecule has 0 aliphatic carbocycles. The molecular weight excluding hydrogens is 296 g/mol. The number of hydrogen-bond donors (Lipinski definition) is 0. The summed E-state index contributed by atoms with van der Waals surface area (Å²) >= 11 is 1.64. The van der Waals surface area contributed by atoms with Gasteiger partial charge in [0.15, 0.2) is 5.82 Å². The van der Waals surface area contributed by atoms with Crippen molar-refractivity contribution in [2.75, 3.05) is 36.0 Å². The summed E-state index contributed by atoms with van der Waals surface area (Å²) in [6.07, 6.45) is 3.74. The molecule has 1 spiro atoms. The van der Waals surface area contributed by atoms with Gasteiger partial charge in [-0.3, -0.25) is 0 Å². The molecule has 6 nitrogen and oxygen atoms in total. The third-order valence-electron chi connectivity index (χ3n) is 4.83. The summed E-state index contributed by atoms with van der Waals surface area (Å²) in [7, 11) is 0. The first-order valence-electron chi connectivity index (χ1n) is 7.81. The van der Waals surface area contributed by atoms with E-state index in [-0.39, 0.29) is 0 Å². The van der Waals surface area contributed by atoms with Crippen molar-refractivity contribution in [2.24, 2.45) is 5.41 Å². The molecule has 4 heterocycles. The van der Waals surface area contributed by atoms with E-state index in [1.807, 2.05) is 18.5 Å². The monoisotopic (exact) mass is 316 g/mol. The van der Waals surface area contributed by atoms with E-state index < -0.39 is 0 Å². The molecule has 22 heavy (non-hydrogen) atoms. The Morgan fingerprint density at radius 1 is 1.05 bits per heavy atom. The molecule has 2 aliphatic rings. The number of aromatic nitrogens is 4. The maximum atomic E-state index is 4.35. The molecule has 0 radical (unpaired) electrons. The Bertz CT molecular complexity index is 628. The molecule has 0 N–H and O–H groups in total. The van der Waals surface area contributed by atoms with Crippen LogP contribution in [0, 0.1) is 12.3 Å². The van der Waals surface area contributed by atoms with E-state index in [4.69, 9.17) is 0 Å². The average molecular weight is 316 g/mol. The largest absolute Gasteiger partial charge is 0.354 e. The highest BCUT2D eigenvalue weighted by Crippen LogP contribution is 2.41. The Kier molecular flexibility index (Phi) is 3.44. The standard InChI is InChI=1S/C15H20N6S/c1-12-3-4-13(18-17-12)20-8-6-15(9-20)5-2-7-21(10-15)14-19-16-11-22-14/h3-4,11H,2,5-10H2,1H3. The number of anilines is 2. The van der Waals surface area contributed by atoms with Crippen LogP contribution >= 0.6 is 11.3 Å². The highest BCUT2D eigenvalue weighted by molar-refractivity contribution is 7.13. The first-order chi connectivity index (χ1) is 10.7. The van der Waals surface area contributed by atoms with Gasteiger partial charge in [-0.15, -0.1) is 15.3 Å². The van der Waals surface area contributed by atoms with Gasteiger partial charge in [0.1, 0.15) is 5.51 Å². The Labute approximate surface area is 134 Å². The van der Waals surface area contributed by atoms with E-state index in [9.17, 15) is 0 Å². The molecule has 0 amide bonds. The van der Waals surface area contributed by atoms with Crippen LogP contribution in [0.4, 0.5) is 10.9 Å². The van der Waals surface area contributed by atoms with E-state index in [2.05, 4.69) is 36.3 Å². The summed E-state index contributed by atoms with van der Waals surface area (Å²) in [5.41, 5.74) is 3.15. The van der Waals surface area contributed by atoms with Crippen molar-refractivity contribution in [1.82, 2.24) is 20.4 Å². The maximum Gasteiger partial charge on any atom is 0.208 e. The lowest BCUT2D eigenvalue weighted by atomic mass is 9.79. The molecular formula is C15H20N6S. The van der Waals surface area contributed by atoms with Crippen LogP contribution in [0.25, 0.3) is 0 Å². The van der Waals surface area contributed by atoms with Gasteiger partial charge in [0.2, 0.25) is 5.13 Å². The van der Waals surface area contributed by atoms with Crippen molar-refractivity contribution >= 4 is 22.3 Å². The lowest BCUT2D eigenvalue weighted by molar-refractivity contribution is 0.263. The SMILES string of the molecule is Cc1ccc(N2CCC3(CCCN(c4nncs4)C3)C2)nn1. The fourth-order valence-electron chi connectivity index (χ4n) is 3.70. The fraction of sp³-hybridized carbons (Fsp3) is 0.600. The van der Waals surface area contributed by atoms with Crippen molar-refractivity contribution in [3.8, 4) is 0 Å². The van der Waals surface area contributed by atoms with Crippen molar-refractivity contribution in [3.05, 3.63) is 23.3 Å². The summed E-state index contributed by atoms with van der Waals surface area (Å²) in [6.45, 7) is 6.30. The second-order valence-electron chi connectivity index (χ2n) is 6.45. The second-order valence-corrected chi connectivity index (χ2v) is 7.26. The van der Waals surface area contributed by atoms with Crippen LogP contribution in [-0.2, 0) is 0 Å². The van der Waals surface area contributed by atoms with E-state index in [0.717, 1.165) is 42.8 Å². The minimum Gasteiger partial charge on any atom is -0.354 e. The molecule has 1 atom stereocenters. The van der Waals surface area contributed by atoms with Gasteiger partial charge in [-0.05, 0) is 38.3 Å². The van der Waals surface area contributed by atoms with E-state index in [1.54, 1.807) is 11.3 Å². The zero-order chi connectivity index (χ0) is 15.0. The first kappa shape index (κ1) is 13.9. The summed E-state index contributed by atoms with van der Waals surface area (Å²) in [4.78, 5) is 4.79. The second kappa shape index (κ2) is 5.46. The normalized spacial score (nSPS) is 25.1. The van der Waals surface area contributed by atoms with Crippen molar-refractivity contribution < 1.29 is 0 Å². The predicted octanol–water partition coefficient (Wildman–Crippen LogP) is 2.13. The van der Waals surface area contributed by atoms with E-state index in [1.165, 1.54) is 19.3 Å². The highest BCUT2D eigenvalue weighted by atomic mass is 32.1. The zero-order valence-electron chi connectivity index (χ0n) is 12.8. The maximum absolute atomic E-state index is 4.35. The van der Waals surface area contributed by atoms with Crippen LogP contribution in [0.2, 0.25) is 0 Å². The summed E-state index contributed by atoms with van der Waals surface area (Å²) < 4.78 is 0. The Hall–Kier alpha value is -1.76. The van der Waals surface area contributed by atoms with Gasteiger partial charge in [0, 0.05) is 31.6 Å². The van der Waals surface area contributed by atoms with Crippen LogP contribution in [0.1, 0.15) is 25.0 Å². The highest BCUT2D eigenvalue weighted by Gasteiger charge is 2.42. The Balaban J connectivity index is 1.49. The fourth-order valence-corrected chi connectivity index (χ4v) is 4.29. The minimum atomic E-state index is 0.358. The number of hydrogen-bond acceptors (Lipinski definition) is 7. The number of aryl methyl sites for hydroxylation is 1. The third-order valence-corrected chi connectivity index (χ3v) is 5.58. The van der Waals surface area contributed by atoms with Crippen molar-refractivity contribution in [2.45, 2.75) is 26.2 Å². The lowest BCUT2D eigenvalue weighted by Crippen LogP contribution is -2.45. The molecule has 0 aromatic carbocycles. The number of nitrogens with zero attached hydrogens (tertiary/aromatic N) is 6. The Morgan fingerprint density at radius 2 is 1.95 bits per heavy atom. The quantitative estimate of drug-likeness (QED) is 0.846. The van der Waals surface area contributed by atoms with Crippen LogP contribution in [0.15, 0.2) is 17.6 Å². The molecule has 0 saturated carbocycles. The molecule has 7 heteroatoms. The molecule has 0 bridgehead atoms. The third kappa shape index (κ3) is 2.54. The summed E-state index contributed by atoms with van der Waals surface area (Å²) in [6, 6.07) is 4.13. The summed E-state index contributed by atoms with van der Waals surface area (Å²) in [5, 5.41) is 17.8. The Morgan fingerprint density at radius 3 is 2.73 bits per heavy atom. The molecule has 4 rings (SSSR count). The molecule has 116 valence electrons. The first-order valence-corrected chi connectivity index (χ1v) is 8.69. The zero-order valence-corrected chi connectivity index (χ0v) is 13.6. The molecule has 2 saturated heterocycles. The average Bonchev–Trinajstić information content (AvgIpc) is 3.19. The van der Waals surface area contributed by atoms with Gasteiger partial charge in [-0.2, -0.15) is 5.10 Å². The molecule has 1 unspecified atom stereocenters. The minimum absolute atomic E-state index is 0.358. The van der Waals surface area contributed by atoms with Gasteiger partial charge in [-0.25, -0.2) is 0 Å². The number of piperidine rings is 1. The van der Waals surface area contributed by atoms with Crippen LogP contribution in [0.5, 0.6) is 0 Å². The van der Waals surface area contributed by atoms with E-state index >= 15 is 0 Å². The van der Waals surface area contributed by atoms with Gasteiger partial charge in [0.05, 0.1) is 5.69 Å². The van der Waals surface area contributed by atoms with Crippen LogP contribution in [0.3, 0.4) is 0 Å². The molecule has 2 aromatic heterocycles. The smallest absolute Gasteiger partial charge is 0.208 e. The van der Waals surface area contributed by atoms with Gasteiger partial charge >= 0.3 is 0 Å². The predicted molar refractivity (Wildman–Crippen MR) is 87.4 cm³/mol. The van der Waals surface area contributed by atoms with Crippen LogP contribution < -0.4 is 9.80 Å². The van der Waals surface area contributed by atoms with Crippen molar-refractivity contribution in [1.29, 1.82) is 0 Å². The van der Waals surface area contributed by atoms with Gasteiger partial charge in [-0.1, -0.05) is 11.3 Å². The molecule has 2 fully saturated rings. The number of rotatable bonds is 2. The summed E-state index contributed by atoms with van der Waals surface area (Å²) in [5.74, 6) is 1.01. The van der Waals surface area contributed by atoms with Crippen LogP contribution in [-0.4, -0.2) is 46.6 Å². The molecule has 2 aromatic rings. The topological polar surface area (TPSA) is 58.0 Å².